The van der Waals surface area contributed by atoms with Crippen LogP contribution in [0.15, 0.2) is 17.2 Å². The van der Waals surface area contributed by atoms with E-state index in [2.05, 4.69) is 10.2 Å². The first-order chi connectivity index (χ1) is 6.22. The fourth-order valence-corrected chi connectivity index (χ4v) is 1.14. The largest absolute Gasteiger partial charge is 0.477 e. The van der Waals surface area contributed by atoms with Gasteiger partial charge in [0.25, 0.3) is 0 Å². The van der Waals surface area contributed by atoms with Crippen LogP contribution in [0.1, 0.15) is 6.92 Å². The molecule has 0 bridgehead atoms. The summed E-state index contributed by atoms with van der Waals surface area (Å²) < 4.78 is 5.10. The number of aromatic nitrogens is 2. The van der Waals surface area contributed by atoms with E-state index in [9.17, 15) is 0 Å². The van der Waals surface area contributed by atoms with Crippen LogP contribution in [-0.2, 0) is 0 Å². The first kappa shape index (κ1) is 9.79. The molecule has 0 saturated heterocycles. The summed E-state index contributed by atoms with van der Waals surface area (Å²) in [5, 5.41) is 15.2. The zero-order valence-corrected chi connectivity index (χ0v) is 7.97. The van der Waals surface area contributed by atoms with E-state index in [1.165, 1.54) is 0 Å². The molecule has 0 fully saturated rings. The third kappa shape index (κ3) is 3.29. The van der Waals surface area contributed by atoms with Gasteiger partial charge in [-0.25, -0.2) is 0 Å². The second kappa shape index (κ2) is 4.66. The van der Waals surface area contributed by atoms with Crippen LogP contribution in [0.2, 0.25) is 0 Å². The maximum Gasteiger partial charge on any atom is 0.233 e. The van der Waals surface area contributed by atoms with Gasteiger partial charge >= 0.3 is 0 Å². The number of amidine groups is 1. The summed E-state index contributed by atoms with van der Waals surface area (Å²) >= 11 is 1.06. The van der Waals surface area contributed by atoms with E-state index in [1.807, 2.05) is 6.92 Å². The Morgan fingerprint density at radius 1 is 1.62 bits per heavy atom. The number of nitrogens with zero attached hydrogens (tertiary/aromatic N) is 2. The quantitative estimate of drug-likeness (QED) is 0.427. The van der Waals surface area contributed by atoms with Crippen molar-refractivity contribution in [2.24, 2.45) is 5.73 Å². The number of nitrogens with two attached hydrogens (primary N) is 1. The molecule has 1 rings (SSSR count). The molecule has 5 nitrogen and oxygen atoms in total. The van der Waals surface area contributed by atoms with E-state index >= 15 is 0 Å². The van der Waals surface area contributed by atoms with Crippen molar-refractivity contribution in [3.63, 3.8) is 0 Å². The average molecular weight is 198 g/mol. The fraction of sp³-hybridized carbons (Fsp3) is 0.286. The van der Waals surface area contributed by atoms with Crippen LogP contribution in [0.5, 0.6) is 5.88 Å². The zero-order valence-electron chi connectivity index (χ0n) is 7.15. The van der Waals surface area contributed by atoms with E-state index in [0.29, 0.717) is 17.5 Å². The highest BCUT2D eigenvalue weighted by Gasteiger charge is 1.99. The Kier molecular flexibility index (Phi) is 3.51. The van der Waals surface area contributed by atoms with Crippen molar-refractivity contribution < 1.29 is 4.74 Å². The molecule has 0 aliphatic heterocycles. The molecule has 0 radical (unpaired) electrons. The van der Waals surface area contributed by atoms with Crippen LogP contribution in [0.25, 0.3) is 0 Å². The van der Waals surface area contributed by atoms with Crippen LogP contribution < -0.4 is 10.5 Å². The standard InChI is InChI=1S/C7H10N4OS/c1-2-12-5-3-4-6(11-10-5)13-7(8)9/h3-4H,2H2,1H3,(H3,8,9). The molecule has 0 aliphatic carbocycles. The lowest BCUT2D eigenvalue weighted by atomic mass is 10.6. The topological polar surface area (TPSA) is 84.9 Å². The van der Waals surface area contributed by atoms with Gasteiger partial charge in [0.1, 0.15) is 5.03 Å². The Balaban J connectivity index is 2.64. The second-order valence-corrected chi connectivity index (χ2v) is 3.17. The Hall–Kier alpha value is -1.30. The molecule has 0 atom stereocenters. The molecule has 0 aliphatic rings. The number of thioether (sulfide) groups is 1. The van der Waals surface area contributed by atoms with Crippen molar-refractivity contribution >= 4 is 16.9 Å². The molecule has 0 amide bonds. The molecule has 3 N–H and O–H groups in total. The minimum atomic E-state index is -0.00143. The van der Waals surface area contributed by atoms with Crippen LogP contribution in [0, 0.1) is 5.41 Å². The van der Waals surface area contributed by atoms with Gasteiger partial charge in [-0.15, -0.1) is 10.2 Å². The number of hydrogen-bond donors (Lipinski definition) is 2. The lowest BCUT2D eigenvalue weighted by Gasteiger charge is -2.00. The smallest absolute Gasteiger partial charge is 0.233 e. The summed E-state index contributed by atoms with van der Waals surface area (Å²) in [6.07, 6.45) is 0. The van der Waals surface area contributed by atoms with Crippen LogP contribution >= 0.6 is 11.8 Å². The molecule has 1 aromatic heterocycles. The van der Waals surface area contributed by atoms with Crippen molar-refractivity contribution in [1.29, 1.82) is 5.41 Å². The van der Waals surface area contributed by atoms with Gasteiger partial charge in [0.15, 0.2) is 5.17 Å². The van der Waals surface area contributed by atoms with Gasteiger partial charge in [0, 0.05) is 6.07 Å². The van der Waals surface area contributed by atoms with E-state index in [0.717, 1.165) is 11.8 Å². The fourth-order valence-electron chi connectivity index (χ4n) is 0.700. The summed E-state index contributed by atoms with van der Waals surface area (Å²) in [6, 6.07) is 3.41. The molecule has 0 unspecified atom stereocenters. The van der Waals surface area contributed by atoms with Gasteiger partial charge in [0.2, 0.25) is 5.88 Å². The lowest BCUT2D eigenvalue weighted by molar-refractivity contribution is 0.321. The van der Waals surface area contributed by atoms with Gasteiger partial charge in [-0.05, 0) is 24.8 Å². The monoisotopic (exact) mass is 198 g/mol. The van der Waals surface area contributed by atoms with Gasteiger partial charge < -0.3 is 10.5 Å². The minimum Gasteiger partial charge on any atom is -0.477 e. The number of ether oxygens (including phenoxy) is 1. The SMILES string of the molecule is CCOc1ccc(SC(=N)N)nn1. The highest BCUT2D eigenvalue weighted by atomic mass is 32.2. The van der Waals surface area contributed by atoms with Crippen molar-refractivity contribution in [1.82, 2.24) is 10.2 Å². The molecule has 1 aromatic rings. The third-order valence-electron chi connectivity index (χ3n) is 1.12. The number of rotatable bonds is 3. The maximum absolute atomic E-state index is 7.01. The Morgan fingerprint density at radius 2 is 2.38 bits per heavy atom. The predicted octanol–water partition coefficient (Wildman–Crippen LogP) is 0.861. The van der Waals surface area contributed by atoms with Crippen LogP contribution in [0.4, 0.5) is 0 Å². The normalized spacial score (nSPS) is 9.62. The van der Waals surface area contributed by atoms with Gasteiger partial charge in [-0.3, -0.25) is 5.41 Å². The summed E-state index contributed by atoms with van der Waals surface area (Å²) in [5.41, 5.74) is 5.17. The molecule has 6 heteroatoms. The van der Waals surface area contributed by atoms with Crippen LogP contribution in [-0.4, -0.2) is 22.0 Å². The molecular formula is C7H10N4OS. The van der Waals surface area contributed by atoms with Gasteiger partial charge in [0.05, 0.1) is 6.61 Å². The molecule has 0 aromatic carbocycles. The van der Waals surface area contributed by atoms with E-state index in [4.69, 9.17) is 15.9 Å². The first-order valence-electron chi connectivity index (χ1n) is 3.70. The summed E-state index contributed by atoms with van der Waals surface area (Å²) in [5.74, 6) is 0.482. The predicted molar refractivity (Wildman–Crippen MR) is 51.0 cm³/mol. The molecule has 13 heavy (non-hydrogen) atoms. The number of nitrogens with one attached hydrogen (secondary N) is 1. The van der Waals surface area contributed by atoms with E-state index in [1.54, 1.807) is 12.1 Å². The summed E-state index contributed by atoms with van der Waals surface area (Å²) in [4.78, 5) is 0. The molecular weight excluding hydrogens is 188 g/mol. The third-order valence-corrected chi connectivity index (χ3v) is 1.77. The first-order valence-corrected chi connectivity index (χ1v) is 4.52. The molecule has 1 heterocycles. The molecule has 70 valence electrons. The van der Waals surface area contributed by atoms with Crippen LogP contribution in [0.3, 0.4) is 0 Å². The van der Waals surface area contributed by atoms with Gasteiger partial charge in [-0.1, -0.05) is 0 Å². The van der Waals surface area contributed by atoms with Crippen molar-refractivity contribution in [3.8, 4) is 5.88 Å². The highest BCUT2D eigenvalue weighted by molar-refractivity contribution is 8.13. The Labute approximate surface area is 80.2 Å². The average Bonchev–Trinajstić information content (AvgIpc) is 2.08. The highest BCUT2D eigenvalue weighted by Crippen LogP contribution is 2.14. The maximum atomic E-state index is 7.01. The Bertz CT molecular complexity index is 287. The molecule has 0 spiro atoms. The van der Waals surface area contributed by atoms with Crippen molar-refractivity contribution in [2.75, 3.05) is 6.61 Å². The van der Waals surface area contributed by atoms with Crippen molar-refractivity contribution in [2.45, 2.75) is 11.9 Å². The lowest BCUT2D eigenvalue weighted by Crippen LogP contribution is -2.04. The van der Waals surface area contributed by atoms with Crippen molar-refractivity contribution in [3.05, 3.63) is 12.1 Å². The Morgan fingerprint density at radius 3 is 2.85 bits per heavy atom. The molecule has 0 saturated carbocycles. The second-order valence-electron chi connectivity index (χ2n) is 2.11. The zero-order chi connectivity index (χ0) is 9.68. The van der Waals surface area contributed by atoms with E-state index in [-0.39, 0.29) is 5.17 Å². The number of hydrogen-bond acceptors (Lipinski definition) is 5. The minimum absolute atomic E-state index is 0.00143. The van der Waals surface area contributed by atoms with E-state index < -0.39 is 0 Å². The summed E-state index contributed by atoms with van der Waals surface area (Å²) in [7, 11) is 0. The summed E-state index contributed by atoms with van der Waals surface area (Å²) in [6.45, 7) is 2.44. The van der Waals surface area contributed by atoms with Gasteiger partial charge in [-0.2, -0.15) is 0 Å².